The van der Waals surface area contributed by atoms with Gasteiger partial charge in [0.2, 0.25) is 0 Å². The van der Waals surface area contributed by atoms with Crippen molar-refractivity contribution in [3.63, 3.8) is 0 Å². The van der Waals surface area contributed by atoms with Gasteiger partial charge in [0.25, 0.3) is 0 Å². The maximum absolute atomic E-state index is 6.30. The molecular formula is C23H18Cl2N2. The zero-order valence-corrected chi connectivity index (χ0v) is 16.4. The highest BCUT2D eigenvalue weighted by Gasteiger charge is 2.09. The molecule has 0 bridgehead atoms. The number of aromatic nitrogens is 2. The maximum atomic E-state index is 6.30. The summed E-state index contributed by atoms with van der Waals surface area (Å²) in [7, 11) is 0. The molecule has 1 aromatic heterocycles. The first-order chi connectivity index (χ1) is 13.1. The number of halogens is 2. The molecule has 0 atom stereocenters. The summed E-state index contributed by atoms with van der Waals surface area (Å²) in [6, 6.07) is 22.3. The molecule has 0 unspecified atom stereocenters. The van der Waals surface area contributed by atoms with E-state index in [1.54, 1.807) is 0 Å². The summed E-state index contributed by atoms with van der Waals surface area (Å²) in [6.45, 7) is 2.84. The predicted octanol–water partition coefficient (Wildman–Crippen LogP) is 6.87. The highest BCUT2D eigenvalue weighted by Crippen LogP contribution is 2.27. The van der Waals surface area contributed by atoms with E-state index in [1.807, 2.05) is 48.6 Å². The molecule has 1 heterocycles. The molecule has 4 rings (SSSR count). The normalized spacial score (nSPS) is 11.5. The lowest BCUT2D eigenvalue weighted by Gasteiger charge is -2.08. The lowest BCUT2D eigenvalue weighted by molar-refractivity contribution is 0.813. The Morgan fingerprint density at radius 1 is 0.852 bits per heavy atom. The van der Waals surface area contributed by atoms with Gasteiger partial charge in [0.05, 0.1) is 11.0 Å². The smallest absolute Gasteiger partial charge is 0.134 e. The van der Waals surface area contributed by atoms with Gasteiger partial charge < -0.3 is 4.57 Å². The average molecular weight is 393 g/mol. The van der Waals surface area contributed by atoms with Gasteiger partial charge in [0.15, 0.2) is 0 Å². The van der Waals surface area contributed by atoms with E-state index in [-0.39, 0.29) is 0 Å². The minimum Gasteiger partial charge on any atom is -0.320 e. The van der Waals surface area contributed by atoms with E-state index in [1.165, 1.54) is 11.1 Å². The predicted molar refractivity (Wildman–Crippen MR) is 115 cm³/mol. The molecule has 0 amide bonds. The van der Waals surface area contributed by atoms with Crippen LogP contribution in [0.15, 0.2) is 66.7 Å². The summed E-state index contributed by atoms with van der Waals surface area (Å²) in [4.78, 5) is 4.79. The maximum Gasteiger partial charge on any atom is 0.134 e. The topological polar surface area (TPSA) is 17.8 Å². The van der Waals surface area contributed by atoms with E-state index in [0.29, 0.717) is 10.0 Å². The van der Waals surface area contributed by atoms with Gasteiger partial charge >= 0.3 is 0 Å². The van der Waals surface area contributed by atoms with Gasteiger partial charge in [-0.1, -0.05) is 71.2 Å². The Morgan fingerprint density at radius 3 is 2.30 bits per heavy atom. The molecule has 0 aliphatic rings. The molecule has 0 saturated heterocycles. The Hall–Kier alpha value is -2.55. The number of hydrogen-bond donors (Lipinski definition) is 0. The molecular weight excluding hydrogens is 375 g/mol. The second-order valence-corrected chi connectivity index (χ2v) is 7.31. The largest absolute Gasteiger partial charge is 0.320 e. The van der Waals surface area contributed by atoms with Gasteiger partial charge in [0, 0.05) is 22.2 Å². The Bertz CT molecular complexity index is 1100. The molecule has 0 radical (unpaired) electrons. The van der Waals surface area contributed by atoms with Crippen molar-refractivity contribution in [2.75, 3.05) is 0 Å². The molecule has 0 saturated carbocycles. The van der Waals surface area contributed by atoms with Crippen LogP contribution < -0.4 is 0 Å². The molecule has 2 nitrogen and oxygen atoms in total. The third-order valence-electron chi connectivity index (χ3n) is 4.54. The molecule has 0 spiro atoms. The fourth-order valence-corrected chi connectivity index (χ4v) is 3.61. The van der Waals surface area contributed by atoms with Crippen molar-refractivity contribution in [3.8, 4) is 0 Å². The van der Waals surface area contributed by atoms with Gasteiger partial charge in [-0.05, 0) is 48.9 Å². The van der Waals surface area contributed by atoms with E-state index in [2.05, 4.69) is 41.8 Å². The van der Waals surface area contributed by atoms with Gasteiger partial charge in [0.1, 0.15) is 5.82 Å². The van der Waals surface area contributed by atoms with E-state index < -0.39 is 0 Å². The number of hydrogen-bond acceptors (Lipinski definition) is 1. The molecule has 3 aromatic carbocycles. The number of imidazole rings is 1. The summed E-state index contributed by atoms with van der Waals surface area (Å²) in [5.74, 6) is 0.868. The summed E-state index contributed by atoms with van der Waals surface area (Å²) in [5.41, 5.74) is 5.35. The first kappa shape index (κ1) is 17.8. The van der Waals surface area contributed by atoms with Crippen LogP contribution in [0.4, 0.5) is 0 Å². The Balaban J connectivity index is 1.78. The third-order valence-corrected chi connectivity index (χ3v) is 5.20. The van der Waals surface area contributed by atoms with Crippen LogP contribution in [0.5, 0.6) is 0 Å². The third kappa shape index (κ3) is 3.78. The van der Waals surface area contributed by atoms with Crippen molar-refractivity contribution < 1.29 is 0 Å². The minimum absolute atomic E-state index is 0.625. The Morgan fingerprint density at radius 2 is 1.56 bits per heavy atom. The van der Waals surface area contributed by atoms with Crippen molar-refractivity contribution in [2.24, 2.45) is 0 Å². The first-order valence-corrected chi connectivity index (χ1v) is 9.50. The monoisotopic (exact) mass is 392 g/mol. The first-order valence-electron chi connectivity index (χ1n) is 8.75. The van der Waals surface area contributed by atoms with Crippen LogP contribution in [0.3, 0.4) is 0 Å². The standard InChI is InChI=1S/C23H18Cl2N2/c1-16-9-11-17(12-10-16)15-27-22-8-3-2-7-21(22)26-23(27)14-13-18-19(24)5-4-6-20(18)25/h2-14H,15H2,1H3/b14-13+. The van der Waals surface area contributed by atoms with E-state index >= 15 is 0 Å². The van der Waals surface area contributed by atoms with Crippen LogP contribution in [0, 0.1) is 6.92 Å². The number of aryl methyl sites for hydroxylation is 1. The van der Waals surface area contributed by atoms with E-state index in [0.717, 1.165) is 29.0 Å². The van der Waals surface area contributed by atoms with Gasteiger partial charge in [-0.3, -0.25) is 0 Å². The summed E-state index contributed by atoms with van der Waals surface area (Å²) in [6.07, 6.45) is 3.90. The number of benzene rings is 3. The SMILES string of the molecule is Cc1ccc(Cn2c(/C=C/c3c(Cl)cccc3Cl)nc3ccccc32)cc1. The van der Waals surface area contributed by atoms with E-state index in [4.69, 9.17) is 28.2 Å². The quantitative estimate of drug-likeness (QED) is 0.370. The van der Waals surface area contributed by atoms with E-state index in [9.17, 15) is 0 Å². The summed E-state index contributed by atoms with van der Waals surface area (Å²) < 4.78 is 2.21. The molecule has 0 fully saturated rings. The van der Waals surface area contributed by atoms with Crippen LogP contribution in [-0.4, -0.2) is 9.55 Å². The van der Waals surface area contributed by atoms with Crippen molar-refractivity contribution >= 4 is 46.4 Å². The molecule has 134 valence electrons. The second-order valence-electron chi connectivity index (χ2n) is 6.50. The fraction of sp³-hybridized carbons (Fsp3) is 0.0870. The summed E-state index contributed by atoms with van der Waals surface area (Å²) >= 11 is 12.6. The molecule has 27 heavy (non-hydrogen) atoms. The van der Waals surface area contributed by atoms with Gasteiger partial charge in [-0.25, -0.2) is 4.98 Å². The zero-order chi connectivity index (χ0) is 18.8. The number of nitrogens with zero attached hydrogens (tertiary/aromatic N) is 2. The molecule has 4 heteroatoms. The van der Waals surface area contributed by atoms with Crippen LogP contribution in [0.2, 0.25) is 10.0 Å². The van der Waals surface area contributed by atoms with Crippen molar-refractivity contribution in [3.05, 3.63) is 99.3 Å². The lowest BCUT2D eigenvalue weighted by atomic mass is 10.1. The highest BCUT2D eigenvalue weighted by molar-refractivity contribution is 6.37. The number of fused-ring (bicyclic) bond motifs is 1. The second kappa shape index (κ2) is 7.59. The van der Waals surface area contributed by atoms with Crippen molar-refractivity contribution in [1.82, 2.24) is 9.55 Å². The highest BCUT2D eigenvalue weighted by atomic mass is 35.5. The van der Waals surface area contributed by atoms with Crippen LogP contribution in [-0.2, 0) is 6.54 Å². The summed E-state index contributed by atoms with van der Waals surface area (Å²) in [5, 5.41) is 1.25. The van der Waals surface area contributed by atoms with Crippen molar-refractivity contribution in [2.45, 2.75) is 13.5 Å². The van der Waals surface area contributed by atoms with Crippen LogP contribution in [0.1, 0.15) is 22.5 Å². The van der Waals surface area contributed by atoms with Crippen LogP contribution in [0.25, 0.3) is 23.2 Å². The molecule has 4 aromatic rings. The molecule has 0 aliphatic carbocycles. The average Bonchev–Trinajstić information content (AvgIpc) is 3.01. The zero-order valence-electron chi connectivity index (χ0n) is 14.9. The van der Waals surface area contributed by atoms with Crippen LogP contribution >= 0.6 is 23.2 Å². The number of para-hydroxylation sites is 2. The van der Waals surface area contributed by atoms with Gasteiger partial charge in [-0.15, -0.1) is 0 Å². The Labute approximate surface area is 168 Å². The molecule has 0 N–H and O–H groups in total. The molecule has 0 aliphatic heterocycles. The minimum atomic E-state index is 0.625. The Kier molecular flexibility index (Phi) is 5.02. The van der Waals surface area contributed by atoms with Crippen molar-refractivity contribution in [1.29, 1.82) is 0 Å². The fourth-order valence-electron chi connectivity index (χ4n) is 3.09. The number of rotatable bonds is 4. The van der Waals surface area contributed by atoms with Gasteiger partial charge in [-0.2, -0.15) is 0 Å². The lowest BCUT2D eigenvalue weighted by Crippen LogP contribution is -2.02.